The molecule has 8 nitrogen and oxygen atoms in total. The maximum Gasteiger partial charge on any atom is 0.253 e. The molecule has 1 fully saturated rings. The van der Waals surface area contributed by atoms with Crippen molar-refractivity contribution < 1.29 is 18.0 Å². The first kappa shape index (κ1) is 25.9. The maximum atomic E-state index is 13.0. The number of carbonyl (C=O) groups excluding carboxylic acids is 2. The van der Waals surface area contributed by atoms with Crippen LogP contribution >= 0.6 is 0 Å². The number of aromatic nitrogens is 1. The smallest absolute Gasteiger partial charge is 0.253 e. The molecule has 2 heterocycles. The Kier molecular flexibility index (Phi) is 7.51. The number of amides is 2. The van der Waals surface area contributed by atoms with Crippen molar-refractivity contribution in [1.82, 2.24) is 19.1 Å². The fraction of sp³-hybridized carbons (Fsp3) is 0.407. The summed E-state index contributed by atoms with van der Waals surface area (Å²) in [5.41, 5.74) is 3.69. The number of carbonyl (C=O) groups is 2. The molecule has 1 aromatic heterocycles. The van der Waals surface area contributed by atoms with Gasteiger partial charge < -0.3 is 14.4 Å². The molecule has 0 aliphatic carbocycles. The molecular weight excluding hydrogens is 476 g/mol. The highest BCUT2D eigenvalue weighted by Gasteiger charge is 2.23. The average molecular weight is 511 g/mol. The summed E-state index contributed by atoms with van der Waals surface area (Å²) in [5, 5.41) is 0.519. The van der Waals surface area contributed by atoms with E-state index >= 15 is 0 Å². The lowest BCUT2D eigenvalue weighted by Gasteiger charge is -2.34. The molecule has 1 atom stereocenters. The zero-order chi connectivity index (χ0) is 26.0. The molecule has 1 N–H and O–H groups in total. The Morgan fingerprint density at radius 2 is 1.56 bits per heavy atom. The van der Waals surface area contributed by atoms with Crippen LogP contribution in [0.2, 0.25) is 0 Å². The van der Waals surface area contributed by atoms with Gasteiger partial charge in [0.05, 0.1) is 10.8 Å². The highest BCUT2D eigenvalue weighted by atomic mass is 32.2. The zero-order valence-corrected chi connectivity index (χ0v) is 22.1. The lowest BCUT2D eigenvalue weighted by Crippen LogP contribution is -2.50. The second-order valence-corrected chi connectivity index (χ2v) is 12.0. The highest BCUT2D eigenvalue weighted by molar-refractivity contribution is 7.90. The summed E-state index contributed by atoms with van der Waals surface area (Å²) in [6.45, 7) is 9.46. The average Bonchev–Trinajstić information content (AvgIpc) is 3.30. The Morgan fingerprint density at radius 3 is 2.17 bits per heavy atom. The minimum absolute atomic E-state index is 0.0146. The Labute approximate surface area is 212 Å². The van der Waals surface area contributed by atoms with Gasteiger partial charge in [0, 0.05) is 62.5 Å². The molecule has 1 aliphatic rings. The molecule has 36 heavy (non-hydrogen) atoms. The summed E-state index contributed by atoms with van der Waals surface area (Å²) in [6.07, 6.45) is 1.99. The Bertz CT molecular complexity index is 1350. The molecule has 4 rings (SSSR count). The van der Waals surface area contributed by atoms with E-state index in [1.165, 1.54) is 0 Å². The quantitative estimate of drug-likeness (QED) is 0.528. The number of hydrogen-bond acceptors (Lipinski definition) is 4. The Hall–Kier alpha value is -3.17. The van der Waals surface area contributed by atoms with Crippen LogP contribution < -0.4 is 4.72 Å². The number of sulfonamides is 1. The Balaban J connectivity index is 1.46. The Morgan fingerprint density at radius 1 is 0.917 bits per heavy atom. The predicted octanol–water partition coefficient (Wildman–Crippen LogP) is 3.37. The summed E-state index contributed by atoms with van der Waals surface area (Å²) >= 11 is 0. The van der Waals surface area contributed by atoms with Gasteiger partial charge in [0.15, 0.2) is 0 Å². The lowest BCUT2D eigenvalue weighted by molar-refractivity contribution is -0.130. The number of fused-ring (bicyclic) bond motifs is 1. The maximum absolute atomic E-state index is 13.0. The fourth-order valence-corrected chi connectivity index (χ4v) is 5.21. The van der Waals surface area contributed by atoms with Crippen molar-refractivity contribution in [3.05, 3.63) is 65.9 Å². The first-order chi connectivity index (χ1) is 17.1. The highest BCUT2D eigenvalue weighted by Crippen LogP contribution is 2.24. The summed E-state index contributed by atoms with van der Waals surface area (Å²) < 4.78 is 28.8. The van der Waals surface area contributed by atoms with Crippen LogP contribution in [0.25, 0.3) is 16.6 Å². The first-order valence-corrected chi connectivity index (χ1v) is 13.9. The van der Waals surface area contributed by atoms with E-state index in [0.717, 1.165) is 22.2 Å². The molecule has 0 saturated carbocycles. The topological polar surface area (TPSA) is 91.7 Å². The van der Waals surface area contributed by atoms with E-state index in [0.29, 0.717) is 38.3 Å². The molecule has 2 amide bonds. The van der Waals surface area contributed by atoms with Crippen LogP contribution in [0.3, 0.4) is 0 Å². The van der Waals surface area contributed by atoms with E-state index in [4.69, 9.17) is 0 Å². The van der Waals surface area contributed by atoms with Gasteiger partial charge in [-0.25, -0.2) is 13.1 Å². The standard InChI is InChI=1S/C27H34N4O4S/c1-19(2)36(34,35)28-18-20(3)22-5-8-25(9-6-22)31-12-11-23-17-24(7-10-26(23)31)27(33)30-15-13-29(14-16-30)21(4)32/h5-12,17,19-20,28H,13-16,18H2,1-4H3. The van der Waals surface area contributed by atoms with Crippen LogP contribution in [0.1, 0.15) is 49.5 Å². The molecule has 1 saturated heterocycles. The van der Waals surface area contributed by atoms with Crippen molar-refractivity contribution in [1.29, 1.82) is 0 Å². The molecule has 3 aromatic rings. The van der Waals surface area contributed by atoms with Gasteiger partial charge in [-0.2, -0.15) is 0 Å². The molecule has 1 aliphatic heterocycles. The van der Waals surface area contributed by atoms with Gasteiger partial charge in [-0.3, -0.25) is 9.59 Å². The van der Waals surface area contributed by atoms with Gasteiger partial charge in [-0.1, -0.05) is 19.1 Å². The first-order valence-electron chi connectivity index (χ1n) is 12.3. The molecule has 9 heteroatoms. The molecule has 1 unspecified atom stereocenters. The summed E-state index contributed by atoms with van der Waals surface area (Å²) in [6, 6.07) is 15.8. The fourth-order valence-electron chi connectivity index (χ4n) is 4.40. The van der Waals surface area contributed by atoms with Gasteiger partial charge in [0.1, 0.15) is 0 Å². The normalized spacial score (nSPS) is 15.5. The van der Waals surface area contributed by atoms with E-state index in [1.807, 2.05) is 61.7 Å². The second-order valence-electron chi connectivity index (χ2n) is 9.69. The van der Waals surface area contributed by atoms with E-state index < -0.39 is 15.3 Å². The number of piperazine rings is 1. The van der Waals surface area contributed by atoms with Gasteiger partial charge in [0.25, 0.3) is 5.91 Å². The molecule has 192 valence electrons. The lowest BCUT2D eigenvalue weighted by atomic mass is 10.0. The number of benzene rings is 2. The van der Waals surface area contributed by atoms with E-state index in [1.54, 1.807) is 30.6 Å². The predicted molar refractivity (Wildman–Crippen MR) is 142 cm³/mol. The van der Waals surface area contributed by atoms with Crippen molar-refractivity contribution in [2.24, 2.45) is 0 Å². The summed E-state index contributed by atoms with van der Waals surface area (Å²) in [5.74, 6) is 0.0715. The van der Waals surface area contributed by atoms with Gasteiger partial charge in [-0.05, 0) is 61.7 Å². The molecular formula is C27H34N4O4S. The van der Waals surface area contributed by atoms with Crippen LogP contribution in [0.5, 0.6) is 0 Å². The van der Waals surface area contributed by atoms with Crippen molar-refractivity contribution in [2.75, 3.05) is 32.7 Å². The van der Waals surface area contributed by atoms with Crippen LogP contribution in [0, 0.1) is 0 Å². The van der Waals surface area contributed by atoms with Crippen molar-refractivity contribution >= 4 is 32.7 Å². The van der Waals surface area contributed by atoms with Crippen LogP contribution in [-0.2, 0) is 14.8 Å². The van der Waals surface area contributed by atoms with Gasteiger partial charge in [-0.15, -0.1) is 0 Å². The third kappa shape index (κ3) is 5.47. The van der Waals surface area contributed by atoms with Crippen molar-refractivity contribution in [3.8, 4) is 5.69 Å². The minimum Gasteiger partial charge on any atom is -0.339 e. The number of rotatable bonds is 7. The summed E-state index contributed by atoms with van der Waals surface area (Å²) in [4.78, 5) is 28.1. The van der Waals surface area contributed by atoms with Crippen LogP contribution in [-0.4, -0.2) is 72.6 Å². The third-order valence-electron chi connectivity index (χ3n) is 6.90. The number of hydrogen-bond donors (Lipinski definition) is 1. The SMILES string of the molecule is CC(=O)N1CCN(C(=O)c2ccc3c(ccn3-c3ccc(C(C)CNS(=O)(=O)C(C)C)cc3)c2)CC1. The van der Waals surface area contributed by atoms with Gasteiger partial charge >= 0.3 is 0 Å². The van der Waals surface area contributed by atoms with E-state index in [-0.39, 0.29) is 17.7 Å². The summed E-state index contributed by atoms with van der Waals surface area (Å²) in [7, 11) is -3.29. The minimum atomic E-state index is -3.29. The van der Waals surface area contributed by atoms with Gasteiger partial charge in [0.2, 0.25) is 15.9 Å². The van der Waals surface area contributed by atoms with E-state index in [9.17, 15) is 18.0 Å². The number of nitrogens with one attached hydrogen (secondary N) is 1. The largest absolute Gasteiger partial charge is 0.339 e. The van der Waals surface area contributed by atoms with Crippen molar-refractivity contribution in [2.45, 2.75) is 38.9 Å². The third-order valence-corrected chi connectivity index (χ3v) is 8.71. The van der Waals surface area contributed by atoms with Crippen LogP contribution in [0.4, 0.5) is 0 Å². The molecule has 0 bridgehead atoms. The number of nitrogens with zero attached hydrogens (tertiary/aromatic N) is 3. The molecule has 2 aromatic carbocycles. The monoisotopic (exact) mass is 510 g/mol. The van der Waals surface area contributed by atoms with Crippen molar-refractivity contribution in [3.63, 3.8) is 0 Å². The van der Waals surface area contributed by atoms with Crippen LogP contribution in [0.15, 0.2) is 54.7 Å². The molecule has 0 spiro atoms. The molecule has 0 radical (unpaired) electrons. The second kappa shape index (κ2) is 10.4. The zero-order valence-electron chi connectivity index (χ0n) is 21.3. The van der Waals surface area contributed by atoms with E-state index in [2.05, 4.69) is 9.29 Å².